The van der Waals surface area contributed by atoms with Gasteiger partial charge in [-0.05, 0) is 57.9 Å². The second-order valence-electron chi connectivity index (χ2n) is 11.1. The Morgan fingerprint density at radius 2 is 2.05 bits per heavy atom. The van der Waals surface area contributed by atoms with Crippen LogP contribution >= 0.6 is 11.6 Å². The van der Waals surface area contributed by atoms with Gasteiger partial charge >= 0.3 is 0 Å². The quantitative estimate of drug-likeness (QED) is 0.496. The number of methoxy groups -OCH3 is 1. The molecule has 1 aromatic heterocycles. The lowest BCUT2D eigenvalue weighted by Gasteiger charge is -2.38. The van der Waals surface area contributed by atoms with Gasteiger partial charge in [-0.25, -0.2) is 9.97 Å². The maximum Gasteiger partial charge on any atom is 0.272 e. The van der Waals surface area contributed by atoms with Crippen LogP contribution in [0.2, 0.25) is 0 Å². The molecule has 10 heteroatoms. The number of aromatic nitrogens is 2. The number of nitrogens with one attached hydrogen (secondary N) is 2. The average Bonchev–Trinajstić information content (AvgIpc) is 2.97. The number of halogens is 1. The predicted octanol–water partition coefficient (Wildman–Crippen LogP) is 3.83. The van der Waals surface area contributed by atoms with Gasteiger partial charge in [0.1, 0.15) is 17.8 Å². The van der Waals surface area contributed by atoms with Crippen LogP contribution in [0.25, 0.3) is 0 Å². The number of amides is 1. The zero-order valence-electron chi connectivity index (χ0n) is 23.1. The number of hydrogen-bond donors (Lipinski definition) is 2. The van der Waals surface area contributed by atoms with Crippen LogP contribution in [0.3, 0.4) is 0 Å². The monoisotopic (exact) mass is 559 g/mol. The molecule has 3 aliphatic heterocycles. The molecule has 214 valence electrons. The summed E-state index contributed by atoms with van der Waals surface area (Å²) >= 11 is 6.09. The Morgan fingerprint density at radius 3 is 2.82 bits per heavy atom. The lowest BCUT2D eigenvalue weighted by Crippen LogP contribution is -2.54. The molecule has 0 radical (unpaired) electrons. The minimum absolute atomic E-state index is 0.0259. The lowest BCUT2D eigenvalue weighted by molar-refractivity contribution is -0.0615. The highest BCUT2D eigenvalue weighted by Gasteiger charge is 2.32. The number of carbonyl (C=O) groups excluding carboxylic acids is 1. The number of likely N-dealkylation sites (tertiary alicyclic amines) is 1. The molecule has 0 spiro atoms. The summed E-state index contributed by atoms with van der Waals surface area (Å²) in [6.45, 7) is 5.38. The van der Waals surface area contributed by atoms with Gasteiger partial charge in [-0.2, -0.15) is 0 Å². The van der Waals surface area contributed by atoms with Crippen LogP contribution in [0.5, 0.6) is 0 Å². The molecule has 4 heterocycles. The average molecular weight is 560 g/mol. The van der Waals surface area contributed by atoms with Gasteiger partial charge in [0.15, 0.2) is 0 Å². The van der Waals surface area contributed by atoms with Crippen LogP contribution in [0.4, 0.5) is 5.82 Å². The van der Waals surface area contributed by atoms with E-state index >= 15 is 0 Å². The Morgan fingerprint density at radius 1 is 1.21 bits per heavy atom. The van der Waals surface area contributed by atoms with Crippen molar-refractivity contribution in [2.45, 2.75) is 82.3 Å². The summed E-state index contributed by atoms with van der Waals surface area (Å²) in [7, 11) is 1.74. The highest BCUT2D eigenvalue weighted by Crippen LogP contribution is 2.31. The largest absolute Gasteiger partial charge is 0.379 e. The third kappa shape index (κ3) is 7.19. The number of nitrogens with zero attached hydrogens (tertiary/aromatic N) is 3. The zero-order valence-corrected chi connectivity index (χ0v) is 23.9. The molecule has 0 bridgehead atoms. The molecule has 1 unspecified atom stereocenters. The summed E-state index contributed by atoms with van der Waals surface area (Å²) in [6, 6.07) is 0.668. The molecule has 3 fully saturated rings. The molecule has 5 rings (SSSR count). The molecule has 5 atom stereocenters. The van der Waals surface area contributed by atoms with Crippen molar-refractivity contribution in [2.75, 3.05) is 45.3 Å². The van der Waals surface area contributed by atoms with Gasteiger partial charge in [-0.3, -0.25) is 4.79 Å². The van der Waals surface area contributed by atoms with Crippen LogP contribution in [0.1, 0.15) is 61.0 Å². The second-order valence-corrected chi connectivity index (χ2v) is 11.6. The number of carbonyl (C=O) groups is 1. The fourth-order valence-electron chi connectivity index (χ4n) is 6.17. The third-order valence-corrected chi connectivity index (χ3v) is 8.85. The van der Waals surface area contributed by atoms with Crippen molar-refractivity contribution in [1.29, 1.82) is 0 Å². The molecule has 1 amide bonds. The normalized spacial score (nSPS) is 30.2. The first kappa shape index (κ1) is 28.5. The topological polar surface area (TPSA) is 97.8 Å². The molecule has 1 aromatic rings. The Bertz CT molecular complexity index is 1040. The van der Waals surface area contributed by atoms with E-state index in [2.05, 4.69) is 32.8 Å². The van der Waals surface area contributed by atoms with Crippen molar-refractivity contribution >= 4 is 23.3 Å². The number of piperidine rings is 1. The predicted molar refractivity (Wildman–Crippen MR) is 151 cm³/mol. The summed E-state index contributed by atoms with van der Waals surface area (Å²) < 4.78 is 17.6. The number of anilines is 1. The summed E-state index contributed by atoms with van der Waals surface area (Å²) in [5.41, 5.74) is 1.26. The van der Waals surface area contributed by atoms with Gasteiger partial charge < -0.3 is 29.7 Å². The van der Waals surface area contributed by atoms with E-state index in [1.165, 1.54) is 6.33 Å². The smallest absolute Gasteiger partial charge is 0.272 e. The Labute approximate surface area is 236 Å². The fourth-order valence-corrected chi connectivity index (χ4v) is 6.33. The first-order valence-electron chi connectivity index (χ1n) is 14.4. The summed E-state index contributed by atoms with van der Waals surface area (Å²) in [5.74, 6) is 1.05. The van der Waals surface area contributed by atoms with E-state index in [-0.39, 0.29) is 24.2 Å². The van der Waals surface area contributed by atoms with Crippen molar-refractivity contribution in [3.63, 3.8) is 0 Å². The molecule has 9 nitrogen and oxygen atoms in total. The standard InChI is InChI=1S/C29H42ClN5O4/c1-19-27(29(36)35-13-10-22(11-14-35)34-24-12-15-38-17-26(24)37-2)32-18-33-28(19)31-16-23-4-3-5-25(39-23)20-6-8-21(30)9-7-20/h6,8-9,18,20,22-26,34H,3-5,7,10-17H2,1-2H3,(H,31,32,33)/t20?,23-,24-,25+,26+/m1/s1. The first-order chi connectivity index (χ1) is 19.0. The van der Waals surface area contributed by atoms with Crippen LogP contribution < -0.4 is 10.6 Å². The summed E-state index contributed by atoms with van der Waals surface area (Å²) in [6.07, 6.45) is 15.0. The summed E-state index contributed by atoms with van der Waals surface area (Å²) in [4.78, 5) is 24.2. The van der Waals surface area contributed by atoms with Crippen molar-refractivity contribution in [1.82, 2.24) is 20.2 Å². The molecule has 0 aromatic carbocycles. The first-order valence-corrected chi connectivity index (χ1v) is 14.8. The van der Waals surface area contributed by atoms with E-state index in [9.17, 15) is 4.79 Å². The number of allylic oxidation sites excluding steroid dienone is 3. The Balaban J connectivity index is 1.12. The fraction of sp³-hybridized carbons (Fsp3) is 0.690. The molecule has 3 saturated heterocycles. The number of hydrogen-bond acceptors (Lipinski definition) is 8. The second kappa shape index (κ2) is 13.5. The van der Waals surface area contributed by atoms with Gasteiger partial charge in [0.25, 0.3) is 5.91 Å². The maximum atomic E-state index is 13.4. The van der Waals surface area contributed by atoms with E-state index in [1.807, 2.05) is 17.9 Å². The van der Waals surface area contributed by atoms with E-state index < -0.39 is 0 Å². The maximum absolute atomic E-state index is 13.4. The van der Waals surface area contributed by atoms with Crippen molar-refractivity contribution in [2.24, 2.45) is 5.92 Å². The zero-order chi connectivity index (χ0) is 27.2. The van der Waals surface area contributed by atoms with Crippen LogP contribution in [-0.2, 0) is 14.2 Å². The molecule has 4 aliphatic rings. The van der Waals surface area contributed by atoms with Gasteiger partial charge in [0.2, 0.25) is 0 Å². The molecular formula is C29H42ClN5O4. The van der Waals surface area contributed by atoms with Crippen LogP contribution in [-0.4, -0.2) is 91.1 Å². The molecule has 2 N–H and O–H groups in total. The molecular weight excluding hydrogens is 518 g/mol. The lowest BCUT2D eigenvalue weighted by atomic mass is 9.89. The molecule has 0 saturated carbocycles. The number of ether oxygens (including phenoxy) is 3. The minimum Gasteiger partial charge on any atom is -0.379 e. The molecule has 39 heavy (non-hydrogen) atoms. The van der Waals surface area contributed by atoms with Gasteiger partial charge in [-0.15, -0.1) is 0 Å². The van der Waals surface area contributed by atoms with E-state index in [0.29, 0.717) is 55.8 Å². The van der Waals surface area contributed by atoms with Crippen LogP contribution in [0, 0.1) is 12.8 Å². The highest BCUT2D eigenvalue weighted by molar-refractivity contribution is 6.31. The minimum atomic E-state index is -0.0259. The highest BCUT2D eigenvalue weighted by atomic mass is 35.5. The Hall–Kier alpha value is -2.04. The Kier molecular flexibility index (Phi) is 9.89. The van der Waals surface area contributed by atoms with E-state index in [4.69, 9.17) is 25.8 Å². The number of rotatable bonds is 8. The van der Waals surface area contributed by atoms with Crippen molar-refractivity contribution in [3.8, 4) is 0 Å². The van der Waals surface area contributed by atoms with Gasteiger partial charge in [-0.1, -0.05) is 23.8 Å². The van der Waals surface area contributed by atoms with Crippen LogP contribution in [0.15, 0.2) is 29.6 Å². The van der Waals surface area contributed by atoms with Gasteiger partial charge in [0, 0.05) is 61.9 Å². The SMILES string of the molecule is CO[C@H]1COCC[C@H]1NC1CCN(C(=O)c2ncnc(NC[C@H]3CCC[C@@H](C4C=CC(Cl)=CC4)O3)c2C)CC1. The van der Waals surface area contributed by atoms with E-state index in [0.717, 1.165) is 62.1 Å². The van der Waals surface area contributed by atoms with Crippen molar-refractivity contribution < 1.29 is 19.0 Å². The van der Waals surface area contributed by atoms with Crippen molar-refractivity contribution in [3.05, 3.63) is 40.8 Å². The van der Waals surface area contributed by atoms with Gasteiger partial charge in [0.05, 0.1) is 24.9 Å². The third-order valence-electron chi connectivity index (χ3n) is 8.57. The summed E-state index contributed by atoms with van der Waals surface area (Å²) in [5, 5.41) is 8.00. The molecule has 1 aliphatic carbocycles. The van der Waals surface area contributed by atoms with E-state index in [1.54, 1.807) is 7.11 Å².